The maximum absolute atomic E-state index is 11.1. The van der Waals surface area contributed by atoms with Crippen molar-refractivity contribution in [2.24, 2.45) is 0 Å². The Kier molecular flexibility index (Phi) is 3.72. The summed E-state index contributed by atoms with van der Waals surface area (Å²) in [6, 6.07) is 5.37. The van der Waals surface area contributed by atoms with E-state index in [2.05, 4.69) is 4.74 Å². The number of phenolic OH excluding ortho intramolecular Hbond substituents is 1. The van der Waals surface area contributed by atoms with Crippen molar-refractivity contribution in [3.8, 4) is 5.75 Å². The molecule has 0 heterocycles. The quantitative estimate of drug-likeness (QED) is 0.776. The summed E-state index contributed by atoms with van der Waals surface area (Å²) in [5, 5.41) is 9.36. The molecule has 82 valence electrons. The van der Waals surface area contributed by atoms with Crippen LogP contribution in [-0.4, -0.2) is 18.2 Å². The number of ether oxygens (including phenoxy) is 1. The number of methoxy groups -OCH3 is 1. The zero-order valence-electron chi connectivity index (χ0n) is 9.28. The van der Waals surface area contributed by atoms with Crippen molar-refractivity contribution in [1.82, 2.24) is 0 Å². The third kappa shape index (κ3) is 2.98. The number of hydrogen-bond acceptors (Lipinski definition) is 3. The summed E-state index contributed by atoms with van der Waals surface area (Å²) in [7, 11) is 1.39. The Morgan fingerprint density at radius 3 is 2.73 bits per heavy atom. The third-order valence-electron chi connectivity index (χ3n) is 2.49. The van der Waals surface area contributed by atoms with Gasteiger partial charge in [-0.25, -0.2) is 0 Å². The molecule has 15 heavy (non-hydrogen) atoms. The fourth-order valence-corrected chi connectivity index (χ4v) is 1.44. The monoisotopic (exact) mass is 208 g/mol. The number of phenols is 1. The van der Waals surface area contributed by atoms with Crippen LogP contribution in [0.2, 0.25) is 0 Å². The second-order valence-corrected chi connectivity index (χ2v) is 3.73. The Morgan fingerprint density at radius 1 is 1.53 bits per heavy atom. The molecule has 1 aromatic carbocycles. The smallest absolute Gasteiger partial charge is 0.306 e. The second-order valence-electron chi connectivity index (χ2n) is 3.73. The normalized spacial score (nSPS) is 12.2. The summed E-state index contributed by atoms with van der Waals surface area (Å²) in [4.78, 5) is 11.1. The van der Waals surface area contributed by atoms with E-state index < -0.39 is 0 Å². The number of carbonyl (C=O) groups is 1. The van der Waals surface area contributed by atoms with E-state index in [1.54, 1.807) is 6.07 Å². The molecule has 1 unspecified atom stereocenters. The van der Waals surface area contributed by atoms with Crippen molar-refractivity contribution < 1.29 is 14.6 Å². The highest BCUT2D eigenvalue weighted by molar-refractivity contribution is 5.70. The number of hydrogen-bond donors (Lipinski definition) is 1. The summed E-state index contributed by atoms with van der Waals surface area (Å²) >= 11 is 0. The summed E-state index contributed by atoms with van der Waals surface area (Å²) in [5.41, 5.74) is 1.86. The Balaban J connectivity index is 2.78. The molecule has 0 aliphatic heterocycles. The number of carbonyl (C=O) groups excluding carboxylic acids is 1. The van der Waals surface area contributed by atoms with E-state index in [9.17, 15) is 9.90 Å². The highest BCUT2D eigenvalue weighted by Gasteiger charge is 2.12. The molecule has 0 amide bonds. The Labute approximate surface area is 89.7 Å². The number of esters is 1. The van der Waals surface area contributed by atoms with Gasteiger partial charge in [0.2, 0.25) is 0 Å². The van der Waals surface area contributed by atoms with Gasteiger partial charge in [-0.3, -0.25) is 4.79 Å². The van der Waals surface area contributed by atoms with Crippen LogP contribution in [0.5, 0.6) is 5.75 Å². The molecule has 0 aromatic heterocycles. The van der Waals surface area contributed by atoms with Gasteiger partial charge >= 0.3 is 5.97 Å². The molecular weight excluding hydrogens is 192 g/mol. The van der Waals surface area contributed by atoms with Crippen LogP contribution >= 0.6 is 0 Å². The predicted octanol–water partition coefficient (Wildman–Crippen LogP) is 2.37. The minimum absolute atomic E-state index is 0.108. The molecule has 1 aromatic rings. The second kappa shape index (κ2) is 4.82. The van der Waals surface area contributed by atoms with Crippen LogP contribution in [-0.2, 0) is 9.53 Å². The first-order chi connectivity index (χ1) is 7.04. The molecule has 0 fully saturated rings. The Bertz CT molecular complexity index is 358. The van der Waals surface area contributed by atoms with Gasteiger partial charge in [0.05, 0.1) is 13.5 Å². The standard InChI is InChI=1S/C12H16O3/c1-8(7-12(14)15-3)10-4-5-11(13)9(2)6-10/h4-6,8,13H,7H2,1-3H3. The molecule has 1 rings (SSSR count). The molecule has 0 aliphatic rings. The van der Waals surface area contributed by atoms with Crippen molar-refractivity contribution in [3.63, 3.8) is 0 Å². The van der Waals surface area contributed by atoms with Gasteiger partial charge in [0, 0.05) is 0 Å². The zero-order chi connectivity index (χ0) is 11.4. The topological polar surface area (TPSA) is 46.5 Å². The van der Waals surface area contributed by atoms with Gasteiger partial charge in [-0.05, 0) is 30.0 Å². The summed E-state index contributed by atoms with van der Waals surface area (Å²) < 4.78 is 4.61. The molecule has 0 saturated heterocycles. The van der Waals surface area contributed by atoms with Crippen molar-refractivity contribution in [1.29, 1.82) is 0 Å². The number of benzene rings is 1. The molecule has 3 nitrogen and oxygen atoms in total. The van der Waals surface area contributed by atoms with E-state index in [1.807, 2.05) is 26.0 Å². The minimum atomic E-state index is -0.215. The lowest BCUT2D eigenvalue weighted by atomic mass is 9.96. The van der Waals surface area contributed by atoms with Crippen LogP contribution in [0.25, 0.3) is 0 Å². The SMILES string of the molecule is COC(=O)CC(C)c1ccc(O)c(C)c1. The summed E-state index contributed by atoms with van der Waals surface area (Å²) in [5.74, 6) is 0.175. The highest BCUT2D eigenvalue weighted by Crippen LogP contribution is 2.24. The van der Waals surface area contributed by atoms with Gasteiger partial charge in [-0.1, -0.05) is 19.1 Å². The van der Waals surface area contributed by atoms with Crippen LogP contribution in [0.15, 0.2) is 18.2 Å². The number of aromatic hydroxyl groups is 1. The minimum Gasteiger partial charge on any atom is -0.508 e. The van der Waals surface area contributed by atoms with Crippen molar-refractivity contribution in [2.75, 3.05) is 7.11 Å². The molecule has 1 atom stereocenters. The van der Waals surface area contributed by atoms with Gasteiger partial charge in [-0.15, -0.1) is 0 Å². The van der Waals surface area contributed by atoms with Crippen LogP contribution in [0.1, 0.15) is 30.4 Å². The van der Waals surface area contributed by atoms with Crippen molar-refractivity contribution >= 4 is 5.97 Å². The van der Waals surface area contributed by atoms with Crippen LogP contribution in [0.3, 0.4) is 0 Å². The first-order valence-corrected chi connectivity index (χ1v) is 4.91. The van der Waals surface area contributed by atoms with Gasteiger partial charge in [0.25, 0.3) is 0 Å². The zero-order valence-corrected chi connectivity index (χ0v) is 9.28. The largest absolute Gasteiger partial charge is 0.508 e. The summed E-state index contributed by atoms with van der Waals surface area (Å²) in [6.45, 7) is 3.80. The van der Waals surface area contributed by atoms with Gasteiger partial charge < -0.3 is 9.84 Å². The van der Waals surface area contributed by atoms with E-state index in [0.717, 1.165) is 11.1 Å². The average Bonchev–Trinajstić information content (AvgIpc) is 2.21. The number of rotatable bonds is 3. The lowest BCUT2D eigenvalue weighted by Crippen LogP contribution is -2.06. The molecular formula is C12H16O3. The third-order valence-corrected chi connectivity index (χ3v) is 2.49. The van der Waals surface area contributed by atoms with E-state index in [1.165, 1.54) is 7.11 Å². The predicted molar refractivity (Wildman–Crippen MR) is 57.9 cm³/mol. The van der Waals surface area contributed by atoms with E-state index >= 15 is 0 Å². The first kappa shape index (κ1) is 11.6. The lowest BCUT2D eigenvalue weighted by molar-refractivity contribution is -0.140. The maximum Gasteiger partial charge on any atom is 0.306 e. The first-order valence-electron chi connectivity index (χ1n) is 4.91. The average molecular weight is 208 g/mol. The van der Waals surface area contributed by atoms with Crippen LogP contribution in [0.4, 0.5) is 0 Å². The molecule has 0 saturated carbocycles. The van der Waals surface area contributed by atoms with Crippen LogP contribution < -0.4 is 0 Å². The van der Waals surface area contributed by atoms with Gasteiger partial charge in [0.15, 0.2) is 0 Å². The van der Waals surface area contributed by atoms with Gasteiger partial charge in [-0.2, -0.15) is 0 Å². The highest BCUT2D eigenvalue weighted by atomic mass is 16.5. The molecule has 1 N–H and O–H groups in total. The van der Waals surface area contributed by atoms with Crippen molar-refractivity contribution in [2.45, 2.75) is 26.2 Å². The summed E-state index contributed by atoms with van der Waals surface area (Å²) in [6.07, 6.45) is 0.362. The molecule has 0 radical (unpaired) electrons. The number of aryl methyl sites for hydroxylation is 1. The Hall–Kier alpha value is -1.51. The van der Waals surface area contributed by atoms with E-state index in [4.69, 9.17) is 0 Å². The molecule has 0 bridgehead atoms. The molecule has 0 aliphatic carbocycles. The van der Waals surface area contributed by atoms with Crippen molar-refractivity contribution in [3.05, 3.63) is 29.3 Å². The fourth-order valence-electron chi connectivity index (χ4n) is 1.44. The van der Waals surface area contributed by atoms with E-state index in [-0.39, 0.29) is 17.6 Å². The van der Waals surface area contributed by atoms with Gasteiger partial charge in [0.1, 0.15) is 5.75 Å². The fraction of sp³-hybridized carbons (Fsp3) is 0.417. The Morgan fingerprint density at radius 2 is 2.20 bits per heavy atom. The van der Waals surface area contributed by atoms with E-state index in [0.29, 0.717) is 6.42 Å². The molecule has 3 heteroatoms. The lowest BCUT2D eigenvalue weighted by Gasteiger charge is -2.11. The molecule has 0 spiro atoms. The maximum atomic E-state index is 11.1. The van der Waals surface area contributed by atoms with Crippen LogP contribution in [0, 0.1) is 6.92 Å².